The molecule has 92 valence electrons. The molecule has 0 aromatic heterocycles. The highest BCUT2D eigenvalue weighted by Crippen LogP contribution is 2.30. The minimum Gasteiger partial charge on any atom is -0.492 e. The molecule has 0 spiro atoms. The number of carbonyl (C=O) groups excluding carboxylic acids is 1. The molecule has 3 nitrogen and oxygen atoms in total. The maximum Gasteiger partial charge on any atom is 0.171 e. The van der Waals surface area contributed by atoms with Gasteiger partial charge in [-0.15, -0.1) is 0 Å². The fourth-order valence-electron chi connectivity index (χ4n) is 1.69. The summed E-state index contributed by atoms with van der Waals surface area (Å²) in [5, 5.41) is 0. The third kappa shape index (κ3) is 2.69. The Morgan fingerprint density at radius 1 is 1.06 bits per heavy atom. The van der Waals surface area contributed by atoms with Crippen molar-refractivity contribution in [1.29, 1.82) is 0 Å². The first-order valence-corrected chi connectivity index (χ1v) is 5.64. The average Bonchev–Trinajstić information content (AvgIpc) is 2.45. The van der Waals surface area contributed by atoms with Crippen molar-refractivity contribution in [3.05, 3.63) is 59.7 Å². The quantitative estimate of drug-likeness (QED) is 0.756. The molecule has 0 bridgehead atoms. The molecular weight excluding hydrogens is 228 g/mol. The molecule has 2 aromatic carbocycles. The molecule has 0 N–H and O–H groups in total. The minimum absolute atomic E-state index is 0.444. The lowest BCUT2D eigenvalue weighted by molar-refractivity contribution is 0.111. The fourth-order valence-corrected chi connectivity index (χ4v) is 1.69. The molecule has 2 rings (SSSR count). The monoisotopic (exact) mass is 242 g/mol. The Labute approximate surface area is 106 Å². The van der Waals surface area contributed by atoms with E-state index in [9.17, 15) is 4.79 Å². The van der Waals surface area contributed by atoms with Gasteiger partial charge in [0.1, 0.15) is 6.61 Å². The second-order valence-electron chi connectivity index (χ2n) is 3.77. The number of hydrogen-bond donors (Lipinski definition) is 0. The maximum absolute atomic E-state index is 10.9. The van der Waals surface area contributed by atoms with Gasteiger partial charge in [-0.25, -0.2) is 0 Å². The van der Waals surface area contributed by atoms with Crippen LogP contribution in [0, 0.1) is 0 Å². The first-order valence-electron chi connectivity index (χ1n) is 5.64. The van der Waals surface area contributed by atoms with Crippen LogP contribution in [0.2, 0.25) is 0 Å². The number of benzene rings is 2. The zero-order chi connectivity index (χ0) is 12.8. The van der Waals surface area contributed by atoms with E-state index in [-0.39, 0.29) is 0 Å². The number of aldehydes is 1. The highest BCUT2D eigenvalue weighted by atomic mass is 16.5. The van der Waals surface area contributed by atoms with Crippen LogP contribution in [-0.4, -0.2) is 13.4 Å². The summed E-state index contributed by atoms with van der Waals surface area (Å²) in [5.41, 5.74) is 1.55. The third-order valence-electron chi connectivity index (χ3n) is 2.58. The highest BCUT2D eigenvalue weighted by Gasteiger charge is 2.09. The van der Waals surface area contributed by atoms with Crippen LogP contribution in [-0.2, 0) is 6.61 Å². The topological polar surface area (TPSA) is 35.5 Å². The molecule has 0 aliphatic rings. The smallest absolute Gasteiger partial charge is 0.171 e. The maximum atomic E-state index is 10.9. The second-order valence-corrected chi connectivity index (χ2v) is 3.77. The van der Waals surface area contributed by atoms with E-state index >= 15 is 0 Å². The summed E-state index contributed by atoms with van der Waals surface area (Å²) in [4.78, 5) is 10.9. The molecule has 0 saturated heterocycles. The molecule has 2 aromatic rings. The first-order chi connectivity index (χ1) is 8.85. The van der Waals surface area contributed by atoms with E-state index in [1.165, 1.54) is 7.11 Å². The zero-order valence-corrected chi connectivity index (χ0v) is 10.1. The number of methoxy groups -OCH3 is 1. The molecule has 0 radical (unpaired) electrons. The van der Waals surface area contributed by atoms with Gasteiger partial charge in [-0.3, -0.25) is 4.79 Å². The second kappa shape index (κ2) is 5.87. The number of hydrogen-bond acceptors (Lipinski definition) is 3. The predicted octanol–water partition coefficient (Wildman–Crippen LogP) is 3.09. The summed E-state index contributed by atoms with van der Waals surface area (Å²) in [5.74, 6) is 1.05. The van der Waals surface area contributed by atoms with Crippen LogP contribution in [0.4, 0.5) is 0 Å². The van der Waals surface area contributed by atoms with E-state index in [0.717, 1.165) is 11.8 Å². The van der Waals surface area contributed by atoms with Crippen molar-refractivity contribution in [1.82, 2.24) is 0 Å². The Balaban J connectivity index is 2.16. The van der Waals surface area contributed by atoms with Crippen LogP contribution in [0.1, 0.15) is 15.9 Å². The number of para-hydroxylation sites is 1. The van der Waals surface area contributed by atoms with Gasteiger partial charge >= 0.3 is 0 Å². The van der Waals surface area contributed by atoms with Crippen LogP contribution in [0.3, 0.4) is 0 Å². The average molecular weight is 242 g/mol. The molecule has 0 saturated carbocycles. The van der Waals surface area contributed by atoms with Gasteiger partial charge in [0.2, 0.25) is 0 Å². The molecule has 0 heterocycles. The fraction of sp³-hybridized carbons (Fsp3) is 0.133. The normalized spacial score (nSPS) is 9.83. The molecule has 0 aliphatic carbocycles. The summed E-state index contributed by atoms with van der Waals surface area (Å²) in [6.07, 6.45) is 0.758. The lowest BCUT2D eigenvalue weighted by atomic mass is 10.2. The van der Waals surface area contributed by atoms with E-state index < -0.39 is 0 Å². The van der Waals surface area contributed by atoms with E-state index in [0.29, 0.717) is 23.7 Å². The van der Waals surface area contributed by atoms with Crippen molar-refractivity contribution < 1.29 is 14.3 Å². The number of rotatable bonds is 5. The van der Waals surface area contributed by atoms with Gasteiger partial charge in [-0.1, -0.05) is 36.4 Å². The van der Waals surface area contributed by atoms with E-state index in [4.69, 9.17) is 9.47 Å². The van der Waals surface area contributed by atoms with Gasteiger partial charge in [0.25, 0.3) is 0 Å². The summed E-state index contributed by atoms with van der Waals surface area (Å²) in [6, 6.07) is 15.1. The molecule has 0 fully saturated rings. The Bertz CT molecular complexity index is 521. The number of ether oxygens (including phenoxy) is 2. The summed E-state index contributed by atoms with van der Waals surface area (Å²) in [6.45, 7) is 0.444. The molecule has 0 amide bonds. The highest BCUT2D eigenvalue weighted by molar-refractivity contribution is 5.81. The van der Waals surface area contributed by atoms with Crippen molar-refractivity contribution in [3.63, 3.8) is 0 Å². The Hall–Kier alpha value is -2.29. The van der Waals surface area contributed by atoms with Crippen molar-refractivity contribution in [3.8, 4) is 11.5 Å². The lowest BCUT2D eigenvalue weighted by Gasteiger charge is -2.11. The molecule has 0 aliphatic heterocycles. The van der Waals surface area contributed by atoms with Crippen molar-refractivity contribution in [2.45, 2.75) is 6.61 Å². The first kappa shape index (κ1) is 12.2. The molecular formula is C15H14O3. The molecule has 0 unspecified atom stereocenters. The Morgan fingerprint density at radius 3 is 2.50 bits per heavy atom. The standard InChI is InChI=1S/C15H14O3/c1-17-15-13(10-16)8-5-9-14(15)18-11-12-6-3-2-4-7-12/h2-10H,11H2,1H3. The van der Waals surface area contributed by atoms with Crippen molar-refractivity contribution in [2.24, 2.45) is 0 Å². The van der Waals surface area contributed by atoms with Gasteiger partial charge in [-0.2, -0.15) is 0 Å². The van der Waals surface area contributed by atoms with Gasteiger partial charge < -0.3 is 9.47 Å². The van der Waals surface area contributed by atoms with Gasteiger partial charge in [-0.05, 0) is 17.7 Å². The summed E-state index contributed by atoms with van der Waals surface area (Å²) < 4.78 is 10.9. The van der Waals surface area contributed by atoms with E-state index in [1.807, 2.05) is 30.3 Å². The van der Waals surface area contributed by atoms with Crippen LogP contribution >= 0.6 is 0 Å². The van der Waals surface area contributed by atoms with Gasteiger partial charge in [0, 0.05) is 0 Å². The SMILES string of the molecule is COc1c(C=O)cccc1OCc1ccccc1. The van der Waals surface area contributed by atoms with Crippen LogP contribution in [0.5, 0.6) is 11.5 Å². The Kier molecular flexibility index (Phi) is 3.97. The number of carbonyl (C=O) groups is 1. The van der Waals surface area contributed by atoms with Crippen molar-refractivity contribution in [2.75, 3.05) is 7.11 Å². The van der Waals surface area contributed by atoms with Crippen LogP contribution < -0.4 is 9.47 Å². The Morgan fingerprint density at radius 2 is 1.83 bits per heavy atom. The molecule has 0 atom stereocenters. The van der Waals surface area contributed by atoms with Gasteiger partial charge in [0.15, 0.2) is 17.8 Å². The van der Waals surface area contributed by atoms with Gasteiger partial charge in [0.05, 0.1) is 12.7 Å². The summed E-state index contributed by atoms with van der Waals surface area (Å²) >= 11 is 0. The van der Waals surface area contributed by atoms with E-state index in [2.05, 4.69) is 0 Å². The molecule has 3 heteroatoms. The van der Waals surface area contributed by atoms with Crippen LogP contribution in [0.15, 0.2) is 48.5 Å². The van der Waals surface area contributed by atoms with E-state index in [1.54, 1.807) is 18.2 Å². The minimum atomic E-state index is 0.444. The zero-order valence-electron chi connectivity index (χ0n) is 10.1. The third-order valence-corrected chi connectivity index (χ3v) is 2.58. The molecule has 18 heavy (non-hydrogen) atoms. The lowest BCUT2D eigenvalue weighted by Crippen LogP contribution is -1.99. The summed E-state index contributed by atoms with van der Waals surface area (Å²) in [7, 11) is 1.53. The van der Waals surface area contributed by atoms with Crippen LogP contribution in [0.25, 0.3) is 0 Å². The predicted molar refractivity (Wildman–Crippen MR) is 69.2 cm³/mol. The van der Waals surface area contributed by atoms with Crippen molar-refractivity contribution >= 4 is 6.29 Å². The largest absolute Gasteiger partial charge is 0.492 e.